The van der Waals surface area contributed by atoms with Crippen LogP contribution in [0.3, 0.4) is 0 Å². The van der Waals surface area contributed by atoms with Crippen molar-refractivity contribution < 1.29 is 0 Å². The highest BCUT2D eigenvalue weighted by Crippen LogP contribution is 2.69. The average Bonchev–Trinajstić information content (AvgIpc) is 2.68. The number of benzene rings is 1. The Labute approximate surface area is 113 Å². The number of rotatable bonds is 0. The Morgan fingerprint density at radius 2 is 2.00 bits per heavy atom. The Kier molecular flexibility index (Phi) is 1.98. The molecule has 0 amide bonds. The fourth-order valence-corrected chi connectivity index (χ4v) is 5.93. The van der Waals surface area contributed by atoms with Gasteiger partial charge in [-0.25, -0.2) is 0 Å². The van der Waals surface area contributed by atoms with Crippen molar-refractivity contribution in [3.05, 3.63) is 24.3 Å². The summed E-state index contributed by atoms with van der Waals surface area (Å²) in [7, 11) is 0. The third-order valence-corrected chi connectivity index (χ3v) is 7.46. The summed E-state index contributed by atoms with van der Waals surface area (Å²) in [6, 6.07) is 8.62. The molecule has 4 rings (SSSR count). The molecular weight excluding hydrogens is 238 g/mol. The Hall–Kier alpha value is -0.760. The minimum absolute atomic E-state index is 0.408. The molecule has 1 nitrogen and oxygen atoms in total. The molecule has 0 N–H and O–H groups in total. The molecule has 0 unspecified atom stereocenters. The topological polar surface area (TPSA) is 12.4 Å². The van der Waals surface area contributed by atoms with Gasteiger partial charge in [0.05, 0.1) is 10.9 Å². The van der Waals surface area contributed by atoms with Crippen molar-refractivity contribution in [2.75, 3.05) is 0 Å². The van der Waals surface area contributed by atoms with Gasteiger partial charge in [-0.15, -0.1) is 11.8 Å². The molecule has 0 aromatic heterocycles. The van der Waals surface area contributed by atoms with Crippen LogP contribution >= 0.6 is 11.8 Å². The van der Waals surface area contributed by atoms with E-state index in [1.54, 1.807) is 0 Å². The quantitative estimate of drug-likeness (QED) is 0.657. The molecule has 3 aliphatic rings. The van der Waals surface area contributed by atoms with Crippen LogP contribution in [0.4, 0.5) is 5.69 Å². The summed E-state index contributed by atoms with van der Waals surface area (Å²) in [5.74, 6) is 0.702. The highest BCUT2D eigenvalue weighted by Gasteiger charge is 2.65. The van der Waals surface area contributed by atoms with Gasteiger partial charge in [0.2, 0.25) is 0 Å². The van der Waals surface area contributed by atoms with Gasteiger partial charge in [0.1, 0.15) is 0 Å². The number of fused-ring (bicyclic) bond motifs is 6. The molecule has 2 aliphatic carbocycles. The van der Waals surface area contributed by atoms with Gasteiger partial charge in [0.25, 0.3) is 0 Å². The zero-order valence-electron chi connectivity index (χ0n) is 11.2. The minimum atomic E-state index is 0.408. The third kappa shape index (κ3) is 1.09. The van der Waals surface area contributed by atoms with Crippen LogP contribution in [0.2, 0.25) is 0 Å². The molecule has 1 aromatic rings. The van der Waals surface area contributed by atoms with E-state index in [0.717, 1.165) is 0 Å². The SMILES string of the molecule is CC1(C)[C@H]2CC[C@@]1(C)[C@H]1Sc3ccccc3N=C21. The lowest BCUT2D eigenvalue weighted by molar-refractivity contribution is 0.157. The molecule has 2 saturated carbocycles. The van der Waals surface area contributed by atoms with Gasteiger partial charge in [0.15, 0.2) is 0 Å². The number of nitrogens with zero attached hydrogens (tertiary/aromatic N) is 1. The van der Waals surface area contributed by atoms with Crippen molar-refractivity contribution in [2.45, 2.75) is 43.8 Å². The van der Waals surface area contributed by atoms with Crippen LogP contribution in [0.1, 0.15) is 33.6 Å². The summed E-state index contributed by atoms with van der Waals surface area (Å²) in [5, 5.41) is 0.612. The zero-order chi connectivity index (χ0) is 12.5. The van der Waals surface area contributed by atoms with E-state index in [9.17, 15) is 0 Å². The second-order valence-corrected chi connectivity index (χ2v) is 7.88. The standard InChI is InChI=1S/C16H19NS/c1-15(2)10-8-9-16(15,3)14-13(10)17-11-6-4-5-7-12(11)18-14/h4-7,10,14H,8-9H2,1-3H3/t10-,14-,16-/m0/s1. The van der Waals surface area contributed by atoms with Gasteiger partial charge in [0, 0.05) is 16.5 Å². The Bertz CT molecular complexity index is 560. The van der Waals surface area contributed by atoms with Crippen LogP contribution in [0.5, 0.6) is 0 Å². The average molecular weight is 257 g/mol. The Balaban J connectivity index is 1.90. The molecule has 2 bridgehead atoms. The summed E-state index contributed by atoms with van der Waals surface area (Å²) >= 11 is 2.06. The van der Waals surface area contributed by atoms with Crippen LogP contribution in [0.25, 0.3) is 0 Å². The molecule has 0 saturated heterocycles. The largest absolute Gasteiger partial charge is 0.255 e. The molecule has 2 heteroatoms. The lowest BCUT2D eigenvalue weighted by Crippen LogP contribution is -2.36. The van der Waals surface area contributed by atoms with Crippen LogP contribution < -0.4 is 0 Å². The second kappa shape index (κ2) is 3.22. The molecule has 18 heavy (non-hydrogen) atoms. The van der Waals surface area contributed by atoms with E-state index in [4.69, 9.17) is 4.99 Å². The monoisotopic (exact) mass is 257 g/mol. The van der Waals surface area contributed by atoms with Gasteiger partial charge in [-0.1, -0.05) is 32.9 Å². The number of thioether (sulfide) groups is 1. The Morgan fingerprint density at radius 1 is 1.22 bits per heavy atom. The van der Waals surface area contributed by atoms with Crippen molar-refractivity contribution in [1.82, 2.24) is 0 Å². The lowest BCUT2D eigenvalue weighted by atomic mass is 9.71. The molecule has 1 heterocycles. The predicted octanol–water partition coefficient (Wildman–Crippen LogP) is 4.69. The summed E-state index contributed by atoms with van der Waals surface area (Å²) in [4.78, 5) is 6.40. The fourth-order valence-electron chi connectivity index (χ4n) is 4.26. The fraction of sp³-hybridized carbons (Fsp3) is 0.562. The lowest BCUT2D eigenvalue weighted by Gasteiger charge is -2.39. The van der Waals surface area contributed by atoms with Crippen LogP contribution in [-0.4, -0.2) is 11.0 Å². The second-order valence-electron chi connectivity index (χ2n) is 6.73. The van der Waals surface area contributed by atoms with E-state index >= 15 is 0 Å². The Morgan fingerprint density at radius 3 is 2.83 bits per heavy atom. The van der Waals surface area contributed by atoms with Gasteiger partial charge in [-0.3, -0.25) is 4.99 Å². The molecule has 1 aliphatic heterocycles. The third-order valence-electron chi connectivity index (χ3n) is 5.86. The van der Waals surface area contributed by atoms with Crippen molar-refractivity contribution >= 4 is 23.2 Å². The molecule has 3 atom stereocenters. The van der Waals surface area contributed by atoms with Crippen molar-refractivity contribution in [1.29, 1.82) is 0 Å². The van der Waals surface area contributed by atoms with E-state index in [-0.39, 0.29) is 0 Å². The van der Waals surface area contributed by atoms with Gasteiger partial charge in [-0.05, 0) is 35.8 Å². The summed E-state index contributed by atoms with van der Waals surface area (Å²) in [6.45, 7) is 7.40. The molecule has 2 fully saturated rings. The van der Waals surface area contributed by atoms with Crippen LogP contribution in [0, 0.1) is 16.7 Å². The first-order valence-corrected chi connectivity index (χ1v) is 7.76. The number of para-hydroxylation sites is 1. The van der Waals surface area contributed by atoms with Gasteiger partial charge >= 0.3 is 0 Å². The maximum absolute atomic E-state index is 5.03. The first kappa shape index (κ1) is 11.1. The summed E-state index contributed by atoms with van der Waals surface area (Å²) < 4.78 is 0. The van der Waals surface area contributed by atoms with E-state index in [1.165, 1.54) is 29.1 Å². The minimum Gasteiger partial charge on any atom is -0.255 e. The number of aliphatic imine (C=N–C) groups is 1. The van der Waals surface area contributed by atoms with E-state index in [1.807, 2.05) is 0 Å². The van der Waals surface area contributed by atoms with Crippen LogP contribution in [0.15, 0.2) is 34.2 Å². The normalized spacial score (nSPS) is 39.2. The summed E-state index contributed by atoms with van der Waals surface area (Å²) in [5.41, 5.74) is 3.51. The maximum Gasteiger partial charge on any atom is 0.0765 e. The van der Waals surface area contributed by atoms with Gasteiger partial charge in [-0.2, -0.15) is 0 Å². The summed E-state index contributed by atoms with van der Waals surface area (Å²) in [6.07, 6.45) is 2.70. The molecule has 0 radical (unpaired) electrons. The number of hydrogen-bond acceptors (Lipinski definition) is 2. The van der Waals surface area contributed by atoms with Crippen molar-refractivity contribution in [3.8, 4) is 0 Å². The molecular formula is C16H19NS. The zero-order valence-corrected chi connectivity index (χ0v) is 12.1. The maximum atomic E-state index is 5.03. The first-order chi connectivity index (χ1) is 8.54. The van der Waals surface area contributed by atoms with E-state index in [0.29, 0.717) is 22.0 Å². The van der Waals surface area contributed by atoms with E-state index < -0.39 is 0 Å². The van der Waals surface area contributed by atoms with Crippen molar-refractivity contribution in [2.24, 2.45) is 21.7 Å². The highest BCUT2D eigenvalue weighted by molar-refractivity contribution is 8.01. The highest BCUT2D eigenvalue weighted by atomic mass is 32.2. The van der Waals surface area contributed by atoms with Gasteiger partial charge < -0.3 is 0 Å². The van der Waals surface area contributed by atoms with E-state index in [2.05, 4.69) is 56.8 Å². The molecule has 1 aromatic carbocycles. The smallest absolute Gasteiger partial charge is 0.0765 e. The number of hydrogen-bond donors (Lipinski definition) is 0. The molecule has 94 valence electrons. The first-order valence-electron chi connectivity index (χ1n) is 6.88. The van der Waals surface area contributed by atoms with Crippen LogP contribution in [-0.2, 0) is 0 Å². The van der Waals surface area contributed by atoms with Crippen molar-refractivity contribution in [3.63, 3.8) is 0 Å². The predicted molar refractivity (Wildman–Crippen MR) is 77.8 cm³/mol. The molecule has 0 spiro atoms.